The van der Waals surface area contributed by atoms with Crippen LogP contribution in [0.2, 0.25) is 0 Å². The maximum atomic E-state index is 11.4. The molecular formula is C10H10BrNO5. The SMILES string of the molecule is COC(=O)c1cc([N+](=O)[O-])ccc1OCCBr. The van der Waals surface area contributed by atoms with Crippen LogP contribution in [0.5, 0.6) is 5.75 Å². The zero-order chi connectivity index (χ0) is 12.8. The number of non-ortho nitro benzene ring substituents is 1. The molecular weight excluding hydrogens is 294 g/mol. The highest BCUT2D eigenvalue weighted by Gasteiger charge is 2.18. The molecule has 0 spiro atoms. The van der Waals surface area contributed by atoms with Crippen LogP contribution in [-0.2, 0) is 4.74 Å². The summed E-state index contributed by atoms with van der Waals surface area (Å²) in [6.07, 6.45) is 0. The number of rotatable bonds is 5. The number of carbonyl (C=O) groups excluding carboxylic acids is 1. The first-order valence-corrected chi connectivity index (χ1v) is 5.77. The second-order valence-corrected chi connectivity index (χ2v) is 3.76. The average Bonchev–Trinajstić information content (AvgIpc) is 2.35. The van der Waals surface area contributed by atoms with Gasteiger partial charge in [0.2, 0.25) is 0 Å². The molecule has 0 unspecified atom stereocenters. The van der Waals surface area contributed by atoms with Crippen molar-refractivity contribution in [2.24, 2.45) is 0 Å². The Morgan fingerprint density at radius 3 is 2.76 bits per heavy atom. The van der Waals surface area contributed by atoms with E-state index < -0.39 is 10.9 Å². The first-order chi connectivity index (χ1) is 8.10. The highest BCUT2D eigenvalue weighted by Crippen LogP contribution is 2.25. The van der Waals surface area contributed by atoms with E-state index in [4.69, 9.17) is 4.74 Å². The van der Waals surface area contributed by atoms with Gasteiger partial charge >= 0.3 is 5.97 Å². The zero-order valence-corrected chi connectivity index (χ0v) is 10.6. The van der Waals surface area contributed by atoms with Gasteiger partial charge < -0.3 is 9.47 Å². The van der Waals surface area contributed by atoms with E-state index in [1.165, 1.54) is 19.2 Å². The highest BCUT2D eigenvalue weighted by atomic mass is 79.9. The molecule has 92 valence electrons. The molecule has 6 nitrogen and oxygen atoms in total. The fourth-order valence-corrected chi connectivity index (χ4v) is 1.34. The number of esters is 1. The largest absolute Gasteiger partial charge is 0.492 e. The summed E-state index contributed by atoms with van der Waals surface area (Å²) in [5.41, 5.74) is -0.140. The lowest BCUT2D eigenvalue weighted by atomic mass is 10.2. The van der Waals surface area contributed by atoms with E-state index in [1.807, 2.05) is 0 Å². The number of ether oxygens (including phenoxy) is 2. The average molecular weight is 304 g/mol. The molecule has 1 aromatic carbocycles. The van der Waals surface area contributed by atoms with Crippen LogP contribution >= 0.6 is 15.9 Å². The van der Waals surface area contributed by atoms with Crippen LogP contribution < -0.4 is 4.74 Å². The predicted octanol–water partition coefficient (Wildman–Crippen LogP) is 2.16. The van der Waals surface area contributed by atoms with Crippen molar-refractivity contribution in [2.75, 3.05) is 19.0 Å². The molecule has 7 heteroatoms. The summed E-state index contributed by atoms with van der Waals surface area (Å²) in [6.45, 7) is 0.349. The molecule has 0 atom stereocenters. The molecule has 0 saturated heterocycles. The van der Waals surface area contributed by atoms with Gasteiger partial charge in [0, 0.05) is 17.5 Å². The minimum absolute atomic E-state index is 0.0441. The molecule has 0 N–H and O–H groups in total. The Hall–Kier alpha value is -1.63. The maximum Gasteiger partial charge on any atom is 0.341 e. The van der Waals surface area contributed by atoms with Crippen molar-refractivity contribution in [1.82, 2.24) is 0 Å². The quantitative estimate of drug-likeness (QED) is 0.360. The van der Waals surface area contributed by atoms with Crippen LogP contribution in [0.15, 0.2) is 18.2 Å². The Kier molecular flexibility index (Phi) is 4.89. The van der Waals surface area contributed by atoms with E-state index in [2.05, 4.69) is 20.7 Å². The minimum Gasteiger partial charge on any atom is -0.492 e. The molecule has 1 aromatic rings. The minimum atomic E-state index is -0.668. The number of hydrogen-bond acceptors (Lipinski definition) is 5. The topological polar surface area (TPSA) is 78.7 Å². The zero-order valence-electron chi connectivity index (χ0n) is 9.01. The first kappa shape index (κ1) is 13.4. The lowest BCUT2D eigenvalue weighted by molar-refractivity contribution is -0.384. The van der Waals surface area contributed by atoms with Gasteiger partial charge in [0.15, 0.2) is 0 Å². The monoisotopic (exact) mass is 303 g/mol. The molecule has 0 saturated carbocycles. The Balaban J connectivity index is 3.12. The number of carbonyl (C=O) groups is 1. The molecule has 0 amide bonds. The predicted molar refractivity (Wildman–Crippen MR) is 63.7 cm³/mol. The van der Waals surface area contributed by atoms with Gasteiger partial charge in [-0.1, -0.05) is 15.9 Å². The Morgan fingerprint density at radius 1 is 1.53 bits per heavy atom. The van der Waals surface area contributed by atoms with E-state index in [-0.39, 0.29) is 17.0 Å². The Morgan fingerprint density at radius 2 is 2.24 bits per heavy atom. The van der Waals surface area contributed by atoms with Crippen LogP contribution in [0.25, 0.3) is 0 Å². The third kappa shape index (κ3) is 3.42. The van der Waals surface area contributed by atoms with Gasteiger partial charge in [-0.2, -0.15) is 0 Å². The molecule has 0 aliphatic carbocycles. The fraction of sp³-hybridized carbons (Fsp3) is 0.300. The first-order valence-electron chi connectivity index (χ1n) is 4.65. The lowest BCUT2D eigenvalue weighted by Crippen LogP contribution is -2.07. The summed E-state index contributed by atoms with van der Waals surface area (Å²) >= 11 is 3.17. The van der Waals surface area contributed by atoms with Crippen molar-refractivity contribution in [2.45, 2.75) is 0 Å². The van der Waals surface area contributed by atoms with Crippen LogP contribution in [0.1, 0.15) is 10.4 Å². The number of nitro benzene ring substituents is 1. The summed E-state index contributed by atoms with van der Waals surface area (Å²) in [6, 6.07) is 3.79. The summed E-state index contributed by atoms with van der Waals surface area (Å²) in [4.78, 5) is 21.4. The second-order valence-electron chi connectivity index (χ2n) is 2.97. The van der Waals surface area contributed by atoms with Crippen LogP contribution in [0.4, 0.5) is 5.69 Å². The molecule has 0 radical (unpaired) electrons. The molecule has 0 bridgehead atoms. The fourth-order valence-electron chi connectivity index (χ4n) is 1.18. The van der Waals surface area contributed by atoms with Crippen LogP contribution in [0, 0.1) is 10.1 Å². The summed E-state index contributed by atoms with van der Waals surface area (Å²) in [7, 11) is 1.20. The van der Waals surface area contributed by atoms with Gasteiger partial charge in [0.05, 0.1) is 18.6 Å². The molecule has 0 aliphatic rings. The molecule has 0 heterocycles. The van der Waals surface area contributed by atoms with Crippen molar-refractivity contribution in [3.05, 3.63) is 33.9 Å². The molecule has 1 rings (SSSR count). The van der Waals surface area contributed by atoms with Crippen LogP contribution in [0.3, 0.4) is 0 Å². The molecule has 0 aromatic heterocycles. The van der Waals surface area contributed by atoms with Crippen LogP contribution in [-0.4, -0.2) is 29.9 Å². The highest BCUT2D eigenvalue weighted by molar-refractivity contribution is 9.09. The van der Waals surface area contributed by atoms with E-state index in [1.54, 1.807) is 0 Å². The number of nitrogens with zero attached hydrogens (tertiary/aromatic N) is 1. The summed E-state index contributed by atoms with van der Waals surface area (Å²) < 4.78 is 9.81. The number of methoxy groups -OCH3 is 1. The van der Waals surface area contributed by atoms with Gasteiger partial charge in [-0.25, -0.2) is 4.79 Å². The van der Waals surface area contributed by atoms with E-state index in [0.29, 0.717) is 11.9 Å². The molecule has 0 aliphatic heterocycles. The Bertz CT molecular complexity index is 435. The van der Waals surface area contributed by atoms with Crippen molar-refractivity contribution in [1.29, 1.82) is 0 Å². The van der Waals surface area contributed by atoms with E-state index in [9.17, 15) is 14.9 Å². The lowest BCUT2D eigenvalue weighted by Gasteiger charge is -2.08. The normalized spacial score (nSPS) is 9.76. The van der Waals surface area contributed by atoms with Gasteiger partial charge in [0.1, 0.15) is 11.3 Å². The maximum absolute atomic E-state index is 11.4. The van der Waals surface area contributed by atoms with Crippen molar-refractivity contribution in [3.8, 4) is 5.75 Å². The number of benzene rings is 1. The van der Waals surface area contributed by atoms with Crippen molar-refractivity contribution >= 4 is 27.6 Å². The third-order valence-corrected chi connectivity index (χ3v) is 2.24. The van der Waals surface area contributed by atoms with E-state index in [0.717, 1.165) is 6.07 Å². The summed E-state index contributed by atoms with van der Waals surface area (Å²) in [5.74, 6) is -0.403. The third-order valence-electron chi connectivity index (χ3n) is 1.91. The van der Waals surface area contributed by atoms with Gasteiger partial charge in [-0.3, -0.25) is 10.1 Å². The Labute approximate surface area is 106 Å². The number of alkyl halides is 1. The van der Waals surface area contributed by atoms with Gasteiger partial charge in [0.25, 0.3) is 5.69 Å². The van der Waals surface area contributed by atoms with Crippen molar-refractivity contribution in [3.63, 3.8) is 0 Å². The van der Waals surface area contributed by atoms with E-state index >= 15 is 0 Å². The van der Waals surface area contributed by atoms with Gasteiger partial charge in [-0.15, -0.1) is 0 Å². The second kappa shape index (κ2) is 6.19. The number of hydrogen-bond donors (Lipinski definition) is 0. The van der Waals surface area contributed by atoms with Gasteiger partial charge in [-0.05, 0) is 6.07 Å². The number of nitro groups is 1. The summed E-state index contributed by atoms with van der Waals surface area (Å²) in [5, 5.41) is 11.2. The number of halogens is 1. The standard InChI is InChI=1S/C10H10BrNO5/c1-16-10(13)8-6-7(12(14)15)2-3-9(8)17-5-4-11/h2-3,6H,4-5H2,1H3. The van der Waals surface area contributed by atoms with Crippen molar-refractivity contribution < 1.29 is 19.2 Å². The molecule has 0 fully saturated rings. The smallest absolute Gasteiger partial charge is 0.341 e. The molecule has 17 heavy (non-hydrogen) atoms.